The second-order valence-corrected chi connectivity index (χ2v) is 4.12. The van der Waals surface area contributed by atoms with Crippen LogP contribution < -0.4 is 17.2 Å². The maximum atomic E-state index is 10.2. The number of nitrogen functional groups attached to an aromatic ring is 3. The first-order valence-electron chi connectivity index (χ1n) is 5.04. The van der Waals surface area contributed by atoms with Crippen LogP contribution in [0, 0.1) is 10.1 Å². The highest BCUT2D eigenvalue weighted by molar-refractivity contribution is 6.32. The van der Waals surface area contributed by atoms with Gasteiger partial charge in [-0.2, -0.15) is 0 Å². The summed E-state index contributed by atoms with van der Waals surface area (Å²) in [5.74, 6) is 0. The number of nitrogens with zero attached hydrogens (tertiary/aromatic N) is 3. The summed E-state index contributed by atoms with van der Waals surface area (Å²) in [4.78, 5) is 16.8. The van der Waals surface area contributed by atoms with Crippen LogP contribution >= 0.6 is 23.2 Å². The van der Waals surface area contributed by atoms with Gasteiger partial charge in [-0.05, 0) is 12.1 Å². The van der Waals surface area contributed by atoms with Crippen molar-refractivity contribution in [2.75, 3.05) is 17.2 Å². The summed E-state index contributed by atoms with van der Waals surface area (Å²) < 4.78 is 0. The van der Waals surface area contributed by atoms with Crippen molar-refractivity contribution in [1.29, 1.82) is 0 Å². The summed E-state index contributed by atoms with van der Waals surface area (Å²) in [5, 5.41) is 10.3. The standard InChI is InChI=1S/C5H4ClN3O2.C5H6ClN3/c6-5-4(9(10)11)3(7)1-2-8-5;6-5-4(8)3(7)1-2-9-5/h1-2H,(H2,7,8);1-2H,8H2,(H2,7,9). The third kappa shape index (κ3) is 3.84. The van der Waals surface area contributed by atoms with Crippen LogP contribution in [0.5, 0.6) is 0 Å². The quantitative estimate of drug-likeness (QED) is 0.414. The van der Waals surface area contributed by atoms with Crippen molar-refractivity contribution in [2.24, 2.45) is 0 Å². The lowest BCUT2D eigenvalue weighted by atomic mass is 10.4. The first kappa shape index (κ1) is 15.7. The maximum Gasteiger partial charge on any atom is 0.329 e. The smallest absolute Gasteiger partial charge is 0.329 e. The van der Waals surface area contributed by atoms with E-state index in [0.29, 0.717) is 11.4 Å². The number of nitrogens with two attached hydrogens (primary N) is 3. The van der Waals surface area contributed by atoms with Gasteiger partial charge < -0.3 is 17.2 Å². The zero-order valence-corrected chi connectivity index (χ0v) is 11.5. The molecule has 0 amide bonds. The Hall–Kier alpha value is -2.32. The zero-order valence-electron chi connectivity index (χ0n) is 9.96. The molecule has 0 aliphatic carbocycles. The average Bonchev–Trinajstić information content (AvgIpc) is 2.36. The van der Waals surface area contributed by atoms with Gasteiger partial charge >= 0.3 is 5.69 Å². The Kier molecular flexibility index (Phi) is 5.30. The number of aromatic nitrogens is 2. The molecule has 0 aliphatic rings. The molecule has 10 heteroatoms. The van der Waals surface area contributed by atoms with E-state index in [1.807, 2.05) is 0 Å². The van der Waals surface area contributed by atoms with Crippen LogP contribution in [0.15, 0.2) is 24.5 Å². The predicted molar refractivity (Wildman–Crippen MR) is 78.4 cm³/mol. The molecule has 2 rings (SSSR count). The largest absolute Gasteiger partial charge is 0.397 e. The minimum absolute atomic E-state index is 0.0231. The topological polar surface area (TPSA) is 147 Å². The Balaban J connectivity index is 0.000000204. The highest BCUT2D eigenvalue weighted by atomic mass is 35.5. The van der Waals surface area contributed by atoms with E-state index in [2.05, 4.69) is 9.97 Å². The Morgan fingerprint density at radius 3 is 1.85 bits per heavy atom. The molecule has 2 aromatic rings. The Morgan fingerprint density at radius 1 is 1.00 bits per heavy atom. The average molecular weight is 317 g/mol. The lowest BCUT2D eigenvalue weighted by Gasteiger charge is -1.97. The third-order valence-electron chi connectivity index (χ3n) is 2.07. The van der Waals surface area contributed by atoms with Crippen LogP contribution in [-0.4, -0.2) is 14.9 Å². The first-order valence-corrected chi connectivity index (χ1v) is 5.80. The lowest BCUT2D eigenvalue weighted by molar-refractivity contribution is -0.384. The fourth-order valence-electron chi connectivity index (χ4n) is 1.08. The molecule has 2 aromatic heterocycles. The summed E-state index contributed by atoms with van der Waals surface area (Å²) in [6, 6.07) is 2.92. The number of nitro groups is 1. The van der Waals surface area contributed by atoms with Crippen LogP contribution in [-0.2, 0) is 0 Å². The second-order valence-electron chi connectivity index (χ2n) is 3.40. The van der Waals surface area contributed by atoms with E-state index >= 15 is 0 Å². The molecule has 0 aromatic carbocycles. The Bertz CT molecular complexity index is 597. The van der Waals surface area contributed by atoms with Gasteiger partial charge in [0.05, 0.1) is 16.3 Å². The summed E-state index contributed by atoms with van der Waals surface area (Å²) in [7, 11) is 0. The van der Waals surface area contributed by atoms with Crippen molar-refractivity contribution >= 4 is 46.0 Å². The zero-order chi connectivity index (χ0) is 15.3. The summed E-state index contributed by atoms with van der Waals surface area (Å²) >= 11 is 10.9. The molecule has 0 fully saturated rings. The van der Waals surface area contributed by atoms with Gasteiger partial charge in [0.15, 0.2) is 5.15 Å². The molecule has 0 aliphatic heterocycles. The van der Waals surface area contributed by atoms with Crippen molar-refractivity contribution in [3.05, 3.63) is 44.9 Å². The highest BCUT2D eigenvalue weighted by Crippen LogP contribution is 2.27. The molecule has 0 unspecified atom stereocenters. The highest BCUT2D eigenvalue weighted by Gasteiger charge is 2.16. The van der Waals surface area contributed by atoms with Crippen molar-refractivity contribution in [3.8, 4) is 0 Å². The molecule has 0 radical (unpaired) electrons. The van der Waals surface area contributed by atoms with Crippen molar-refractivity contribution in [1.82, 2.24) is 9.97 Å². The number of hydrogen-bond donors (Lipinski definition) is 3. The van der Waals surface area contributed by atoms with Crippen LogP contribution in [0.4, 0.5) is 22.7 Å². The normalized spacial score (nSPS) is 9.50. The number of rotatable bonds is 1. The van der Waals surface area contributed by atoms with E-state index in [-0.39, 0.29) is 21.7 Å². The molecule has 2 heterocycles. The van der Waals surface area contributed by atoms with Crippen molar-refractivity contribution in [3.63, 3.8) is 0 Å². The van der Waals surface area contributed by atoms with E-state index in [1.165, 1.54) is 18.5 Å². The fraction of sp³-hybridized carbons (Fsp3) is 0. The molecule has 0 bridgehead atoms. The van der Waals surface area contributed by atoms with Gasteiger partial charge in [-0.3, -0.25) is 10.1 Å². The van der Waals surface area contributed by atoms with Gasteiger partial charge in [0.25, 0.3) is 0 Å². The van der Waals surface area contributed by atoms with E-state index in [0.717, 1.165) is 0 Å². The van der Waals surface area contributed by atoms with Gasteiger partial charge in [0.2, 0.25) is 5.15 Å². The van der Waals surface area contributed by atoms with Crippen molar-refractivity contribution in [2.45, 2.75) is 0 Å². The molecule has 106 valence electrons. The molecule has 8 nitrogen and oxygen atoms in total. The summed E-state index contributed by atoms with van der Waals surface area (Å²) in [6.45, 7) is 0. The van der Waals surface area contributed by atoms with E-state index < -0.39 is 4.92 Å². The van der Waals surface area contributed by atoms with Gasteiger partial charge in [-0.25, -0.2) is 9.97 Å². The molecule has 20 heavy (non-hydrogen) atoms. The van der Waals surface area contributed by atoms with Crippen LogP contribution in [0.25, 0.3) is 0 Å². The van der Waals surface area contributed by atoms with E-state index in [4.69, 9.17) is 40.4 Å². The Morgan fingerprint density at radius 2 is 1.50 bits per heavy atom. The monoisotopic (exact) mass is 316 g/mol. The summed E-state index contributed by atoms with van der Waals surface area (Å²) in [6.07, 6.45) is 2.82. The SMILES string of the molecule is Nc1ccnc(Cl)c1N.Nc1ccnc(Cl)c1[N+](=O)[O-]. The minimum Gasteiger partial charge on any atom is -0.397 e. The summed E-state index contributed by atoms with van der Waals surface area (Å²) in [5.41, 5.74) is 16.5. The molecule has 0 atom stereocenters. The molecule has 0 spiro atoms. The minimum atomic E-state index is -0.662. The first-order chi connectivity index (χ1) is 9.34. The number of halogens is 2. The molecule has 0 saturated carbocycles. The molecule has 0 saturated heterocycles. The fourth-order valence-corrected chi connectivity index (χ4v) is 1.48. The number of anilines is 3. The van der Waals surface area contributed by atoms with E-state index in [9.17, 15) is 10.1 Å². The molecular formula is C10H10Cl2N6O2. The van der Waals surface area contributed by atoms with Crippen LogP contribution in [0.2, 0.25) is 10.3 Å². The van der Waals surface area contributed by atoms with Crippen LogP contribution in [0.1, 0.15) is 0 Å². The van der Waals surface area contributed by atoms with E-state index in [1.54, 1.807) is 6.07 Å². The van der Waals surface area contributed by atoms with Gasteiger partial charge in [-0.1, -0.05) is 23.2 Å². The maximum absolute atomic E-state index is 10.2. The predicted octanol–water partition coefficient (Wildman–Crippen LogP) is 2.12. The Labute approximate surface area is 123 Å². The third-order valence-corrected chi connectivity index (χ3v) is 2.65. The molecule has 6 N–H and O–H groups in total. The van der Waals surface area contributed by atoms with Crippen LogP contribution in [0.3, 0.4) is 0 Å². The second kappa shape index (κ2) is 6.73. The van der Waals surface area contributed by atoms with Crippen molar-refractivity contribution < 1.29 is 4.92 Å². The number of pyridine rings is 2. The lowest BCUT2D eigenvalue weighted by Crippen LogP contribution is -1.97. The van der Waals surface area contributed by atoms with Gasteiger partial charge in [0.1, 0.15) is 5.69 Å². The molecular weight excluding hydrogens is 307 g/mol. The van der Waals surface area contributed by atoms with Gasteiger partial charge in [0, 0.05) is 12.4 Å². The number of hydrogen-bond acceptors (Lipinski definition) is 7. The van der Waals surface area contributed by atoms with Gasteiger partial charge in [-0.15, -0.1) is 0 Å².